The number of anilines is 1. The van der Waals surface area contributed by atoms with E-state index in [-0.39, 0.29) is 5.69 Å². The molecule has 0 amide bonds. The van der Waals surface area contributed by atoms with Crippen LogP contribution in [0.5, 0.6) is 0 Å². The number of hydrogen-bond donors (Lipinski definition) is 1. The highest BCUT2D eigenvalue weighted by atomic mass is 16.6. The van der Waals surface area contributed by atoms with Crippen LogP contribution in [0, 0.1) is 10.1 Å². The van der Waals surface area contributed by atoms with Crippen molar-refractivity contribution in [2.45, 2.75) is 32.1 Å². The maximum Gasteiger partial charge on any atom is 0.310 e. The van der Waals surface area contributed by atoms with Gasteiger partial charge in [-0.05, 0) is 37.8 Å². The molecule has 0 bridgehead atoms. The molecular weight excluding hydrogens is 260 g/mol. The van der Waals surface area contributed by atoms with Gasteiger partial charge in [-0.25, -0.2) is 0 Å². The third-order valence-corrected chi connectivity index (χ3v) is 3.76. The fourth-order valence-electron chi connectivity index (χ4n) is 2.50. The zero-order valence-electron chi connectivity index (χ0n) is 11.4. The summed E-state index contributed by atoms with van der Waals surface area (Å²) in [7, 11) is 0. The predicted molar refractivity (Wildman–Crippen MR) is 75.2 cm³/mol. The minimum Gasteiger partial charge on any atom is -0.481 e. The number of aliphatic carboxylic acids is 1. The number of carboxylic acids is 1. The van der Waals surface area contributed by atoms with E-state index in [9.17, 15) is 14.9 Å². The van der Waals surface area contributed by atoms with Crippen molar-refractivity contribution < 1.29 is 14.8 Å². The topological polar surface area (TPSA) is 83.7 Å². The van der Waals surface area contributed by atoms with Crippen LogP contribution in [0.2, 0.25) is 0 Å². The average Bonchev–Trinajstić information content (AvgIpc) is 2.46. The van der Waals surface area contributed by atoms with Gasteiger partial charge in [0.25, 0.3) is 5.69 Å². The predicted octanol–water partition coefficient (Wildman–Crippen LogP) is 2.77. The summed E-state index contributed by atoms with van der Waals surface area (Å²) in [6.07, 6.45) is 3.22. The van der Waals surface area contributed by atoms with Crippen molar-refractivity contribution in [3.63, 3.8) is 0 Å². The van der Waals surface area contributed by atoms with E-state index in [1.54, 1.807) is 12.1 Å². The molecular formula is C14H18N2O4. The molecule has 0 spiro atoms. The van der Waals surface area contributed by atoms with Gasteiger partial charge < -0.3 is 10.0 Å². The molecule has 1 atom stereocenters. The molecule has 1 fully saturated rings. The molecule has 20 heavy (non-hydrogen) atoms. The molecule has 1 saturated heterocycles. The van der Waals surface area contributed by atoms with E-state index >= 15 is 0 Å². The van der Waals surface area contributed by atoms with Crippen LogP contribution >= 0.6 is 0 Å². The van der Waals surface area contributed by atoms with Crippen molar-refractivity contribution in [2.24, 2.45) is 0 Å². The van der Waals surface area contributed by atoms with Gasteiger partial charge in [0.15, 0.2) is 0 Å². The lowest BCUT2D eigenvalue weighted by Gasteiger charge is -2.28. The van der Waals surface area contributed by atoms with Gasteiger partial charge in [0, 0.05) is 19.2 Å². The second-order valence-electron chi connectivity index (χ2n) is 5.11. The Balaban J connectivity index is 2.37. The lowest BCUT2D eigenvalue weighted by Crippen LogP contribution is -2.30. The molecule has 1 unspecified atom stereocenters. The molecule has 0 aliphatic carbocycles. The Morgan fingerprint density at radius 1 is 1.35 bits per heavy atom. The summed E-state index contributed by atoms with van der Waals surface area (Å²) in [5, 5.41) is 20.2. The third-order valence-electron chi connectivity index (χ3n) is 3.76. The lowest BCUT2D eigenvalue weighted by atomic mass is 9.99. The van der Waals surface area contributed by atoms with E-state index in [1.807, 2.05) is 4.90 Å². The fourth-order valence-corrected chi connectivity index (χ4v) is 2.50. The summed E-state index contributed by atoms with van der Waals surface area (Å²) in [6.45, 7) is 3.16. The number of nitrogens with zero attached hydrogens (tertiary/aromatic N) is 2. The van der Waals surface area contributed by atoms with E-state index < -0.39 is 16.8 Å². The minimum absolute atomic E-state index is 0.00231. The molecule has 6 nitrogen and oxygen atoms in total. The van der Waals surface area contributed by atoms with Crippen LogP contribution < -0.4 is 4.90 Å². The van der Waals surface area contributed by atoms with Gasteiger partial charge in [-0.1, -0.05) is 6.07 Å². The number of nitro benzene ring substituents is 1. The van der Waals surface area contributed by atoms with Gasteiger partial charge in [0.1, 0.15) is 5.69 Å². The zero-order chi connectivity index (χ0) is 14.7. The van der Waals surface area contributed by atoms with Gasteiger partial charge in [-0.15, -0.1) is 0 Å². The molecule has 0 radical (unpaired) electrons. The maximum atomic E-state index is 11.2. The van der Waals surface area contributed by atoms with Crippen molar-refractivity contribution in [1.82, 2.24) is 0 Å². The van der Waals surface area contributed by atoms with Crippen LogP contribution in [0.15, 0.2) is 18.2 Å². The molecule has 6 heteroatoms. The quantitative estimate of drug-likeness (QED) is 0.676. The van der Waals surface area contributed by atoms with Crippen molar-refractivity contribution in [3.8, 4) is 0 Å². The van der Waals surface area contributed by atoms with E-state index in [0.717, 1.165) is 32.4 Å². The second kappa shape index (κ2) is 5.90. The number of benzene rings is 1. The van der Waals surface area contributed by atoms with Crippen molar-refractivity contribution in [3.05, 3.63) is 33.9 Å². The van der Waals surface area contributed by atoms with E-state index in [2.05, 4.69) is 0 Å². The first-order valence-electron chi connectivity index (χ1n) is 6.77. The third kappa shape index (κ3) is 2.89. The van der Waals surface area contributed by atoms with E-state index in [4.69, 9.17) is 5.11 Å². The highest BCUT2D eigenvalue weighted by Crippen LogP contribution is 2.33. The van der Waals surface area contributed by atoms with Gasteiger partial charge in [0.05, 0.1) is 10.8 Å². The van der Waals surface area contributed by atoms with Crippen molar-refractivity contribution in [1.29, 1.82) is 0 Å². The molecule has 1 aromatic rings. The molecule has 0 aromatic heterocycles. The smallest absolute Gasteiger partial charge is 0.310 e. The lowest BCUT2D eigenvalue weighted by molar-refractivity contribution is -0.384. The van der Waals surface area contributed by atoms with Gasteiger partial charge in [-0.3, -0.25) is 14.9 Å². The molecule has 2 rings (SSSR count). The molecule has 1 heterocycles. The SMILES string of the molecule is CC(C(=O)O)c1ccc(N2CCCCC2)c([N+](=O)[O-])c1. The zero-order valence-corrected chi connectivity index (χ0v) is 11.4. The van der Waals surface area contributed by atoms with Crippen molar-refractivity contribution >= 4 is 17.3 Å². The van der Waals surface area contributed by atoms with Gasteiger partial charge >= 0.3 is 5.97 Å². The number of nitro groups is 1. The van der Waals surface area contributed by atoms with Crippen molar-refractivity contribution in [2.75, 3.05) is 18.0 Å². The first-order chi connectivity index (χ1) is 9.50. The summed E-state index contributed by atoms with van der Waals surface area (Å²) < 4.78 is 0. The number of carbonyl (C=O) groups is 1. The maximum absolute atomic E-state index is 11.2. The Hall–Kier alpha value is -2.11. The van der Waals surface area contributed by atoms with Crippen LogP contribution in [0.4, 0.5) is 11.4 Å². The molecule has 0 saturated carbocycles. The fraction of sp³-hybridized carbons (Fsp3) is 0.500. The summed E-state index contributed by atoms with van der Waals surface area (Å²) in [6, 6.07) is 4.75. The standard InChI is InChI=1S/C14H18N2O4/c1-10(14(17)18)11-5-6-12(13(9-11)16(19)20)15-7-3-2-4-8-15/h5-6,9-10H,2-4,7-8H2,1H3,(H,17,18). The highest BCUT2D eigenvalue weighted by molar-refractivity contribution is 5.77. The first kappa shape index (κ1) is 14.3. The summed E-state index contributed by atoms with van der Waals surface area (Å²) in [5.41, 5.74) is 1.05. The number of hydrogen-bond acceptors (Lipinski definition) is 4. The Kier molecular flexibility index (Phi) is 4.22. The van der Waals surface area contributed by atoms with E-state index in [0.29, 0.717) is 11.3 Å². The molecule has 1 aliphatic heterocycles. The molecule has 108 valence electrons. The Morgan fingerprint density at radius 2 is 2.00 bits per heavy atom. The van der Waals surface area contributed by atoms with Crippen LogP contribution in [-0.2, 0) is 4.79 Å². The van der Waals surface area contributed by atoms with Gasteiger partial charge in [0.2, 0.25) is 0 Å². The minimum atomic E-state index is -0.981. The van der Waals surface area contributed by atoms with Crippen LogP contribution in [-0.4, -0.2) is 29.1 Å². The molecule has 1 aromatic carbocycles. The number of rotatable bonds is 4. The second-order valence-corrected chi connectivity index (χ2v) is 5.11. The Labute approximate surface area is 117 Å². The van der Waals surface area contributed by atoms with Gasteiger partial charge in [-0.2, -0.15) is 0 Å². The number of piperidine rings is 1. The molecule has 1 aliphatic rings. The normalized spacial score (nSPS) is 16.8. The largest absolute Gasteiger partial charge is 0.481 e. The summed E-state index contributed by atoms with van der Waals surface area (Å²) in [5.74, 6) is -1.73. The van der Waals surface area contributed by atoms with Crippen LogP contribution in [0.3, 0.4) is 0 Å². The number of carboxylic acid groups (broad SMARTS) is 1. The monoisotopic (exact) mass is 278 g/mol. The van der Waals surface area contributed by atoms with Crippen LogP contribution in [0.1, 0.15) is 37.7 Å². The van der Waals surface area contributed by atoms with E-state index in [1.165, 1.54) is 13.0 Å². The summed E-state index contributed by atoms with van der Waals surface area (Å²) in [4.78, 5) is 23.8. The summed E-state index contributed by atoms with van der Waals surface area (Å²) >= 11 is 0. The highest BCUT2D eigenvalue weighted by Gasteiger charge is 2.24. The first-order valence-corrected chi connectivity index (χ1v) is 6.77. The Bertz CT molecular complexity index is 524. The average molecular weight is 278 g/mol. The van der Waals surface area contributed by atoms with Crippen LogP contribution in [0.25, 0.3) is 0 Å². The Morgan fingerprint density at radius 3 is 2.55 bits per heavy atom. The molecule has 1 N–H and O–H groups in total.